The van der Waals surface area contributed by atoms with Crippen molar-refractivity contribution < 1.29 is 19.1 Å². The Morgan fingerprint density at radius 2 is 1.78 bits per heavy atom. The topological polar surface area (TPSA) is 81.1 Å². The molecule has 0 spiro atoms. The van der Waals surface area contributed by atoms with Gasteiger partial charge in [0.1, 0.15) is 5.60 Å². The van der Waals surface area contributed by atoms with Gasteiger partial charge in [-0.2, -0.15) is 0 Å². The van der Waals surface area contributed by atoms with Crippen molar-refractivity contribution in [3.05, 3.63) is 82.2 Å². The molecule has 0 unspecified atom stereocenters. The molecule has 0 bridgehead atoms. The standard InChI is InChI=1S/C29H27N3O4/c1-28(2)13-17-12-22(35-5)25-20(14-29(3,4)36-25)23(17)24(31-28)16-7-6-8-18(11-16)32-26(33)19-9-10-30-15-21(19)27(32)34/h6-12,15H,13-14H2,1-5H3. The van der Waals surface area contributed by atoms with Crippen molar-refractivity contribution in [1.82, 2.24) is 4.98 Å². The second kappa shape index (κ2) is 7.50. The van der Waals surface area contributed by atoms with E-state index in [9.17, 15) is 9.59 Å². The number of methoxy groups -OCH3 is 1. The largest absolute Gasteiger partial charge is 0.493 e. The Morgan fingerprint density at radius 3 is 2.53 bits per heavy atom. The number of aromatic nitrogens is 1. The van der Waals surface area contributed by atoms with Crippen molar-refractivity contribution >= 4 is 23.2 Å². The maximum atomic E-state index is 13.1. The van der Waals surface area contributed by atoms with Crippen LogP contribution >= 0.6 is 0 Å². The lowest BCUT2D eigenvalue weighted by atomic mass is 9.81. The van der Waals surface area contributed by atoms with Gasteiger partial charge in [0, 0.05) is 35.5 Å². The highest BCUT2D eigenvalue weighted by atomic mass is 16.5. The Morgan fingerprint density at radius 1 is 1.00 bits per heavy atom. The first kappa shape index (κ1) is 22.5. The van der Waals surface area contributed by atoms with Gasteiger partial charge in [-0.1, -0.05) is 12.1 Å². The highest BCUT2D eigenvalue weighted by molar-refractivity contribution is 6.34. The molecule has 4 heterocycles. The molecule has 0 saturated heterocycles. The fourth-order valence-corrected chi connectivity index (χ4v) is 5.54. The Kier molecular flexibility index (Phi) is 4.68. The zero-order valence-electron chi connectivity index (χ0n) is 21.0. The molecule has 0 radical (unpaired) electrons. The molecule has 3 aliphatic heterocycles. The fraction of sp³-hybridized carbons (Fsp3) is 0.310. The van der Waals surface area contributed by atoms with E-state index in [1.807, 2.05) is 18.2 Å². The van der Waals surface area contributed by atoms with Crippen LogP contribution in [0.1, 0.15) is 70.7 Å². The molecule has 36 heavy (non-hydrogen) atoms. The van der Waals surface area contributed by atoms with Gasteiger partial charge in [-0.05, 0) is 63.9 Å². The molecule has 0 saturated carbocycles. The van der Waals surface area contributed by atoms with Gasteiger partial charge in [-0.3, -0.25) is 19.6 Å². The van der Waals surface area contributed by atoms with Crippen LogP contribution in [0.5, 0.6) is 11.5 Å². The first-order valence-electron chi connectivity index (χ1n) is 12.0. The van der Waals surface area contributed by atoms with Crippen LogP contribution in [-0.2, 0) is 12.8 Å². The summed E-state index contributed by atoms with van der Waals surface area (Å²) in [6, 6.07) is 11.1. The van der Waals surface area contributed by atoms with E-state index in [1.54, 1.807) is 19.2 Å². The summed E-state index contributed by atoms with van der Waals surface area (Å²) in [6.07, 6.45) is 4.47. The summed E-state index contributed by atoms with van der Waals surface area (Å²) in [6.45, 7) is 8.36. The van der Waals surface area contributed by atoms with E-state index in [1.165, 1.54) is 17.3 Å². The van der Waals surface area contributed by atoms with E-state index in [0.29, 0.717) is 16.8 Å². The van der Waals surface area contributed by atoms with Crippen LogP contribution in [0.15, 0.2) is 53.8 Å². The molecule has 2 amide bonds. The summed E-state index contributed by atoms with van der Waals surface area (Å²) >= 11 is 0. The predicted molar refractivity (Wildman–Crippen MR) is 137 cm³/mol. The minimum absolute atomic E-state index is 0.318. The molecule has 2 aromatic carbocycles. The van der Waals surface area contributed by atoms with Gasteiger partial charge in [0.15, 0.2) is 11.5 Å². The molecule has 0 fully saturated rings. The van der Waals surface area contributed by atoms with Crippen LogP contribution in [0.4, 0.5) is 5.69 Å². The molecule has 1 aromatic heterocycles. The molecule has 3 aliphatic rings. The van der Waals surface area contributed by atoms with E-state index >= 15 is 0 Å². The molecule has 7 heteroatoms. The normalized spacial score (nSPS) is 18.8. The lowest BCUT2D eigenvalue weighted by Crippen LogP contribution is -2.31. The zero-order valence-corrected chi connectivity index (χ0v) is 21.0. The van der Waals surface area contributed by atoms with Gasteiger partial charge < -0.3 is 9.47 Å². The van der Waals surface area contributed by atoms with E-state index in [-0.39, 0.29) is 23.0 Å². The quantitative estimate of drug-likeness (QED) is 0.503. The maximum Gasteiger partial charge on any atom is 0.267 e. The van der Waals surface area contributed by atoms with E-state index in [2.05, 4.69) is 38.7 Å². The number of hydrogen-bond acceptors (Lipinski definition) is 6. The van der Waals surface area contributed by atoms with Gasteiger partial charge in [0.25, 0.3) is 11.8 Å². The molecule has 7 nitrogen and oxygen atoms in total. The number of amides is 2. The number of ether oxygens (including phenoxy) is 2. The average Bonchev–Trinajstić information content (AvgIpc) is 3.29. The molecular weight excluding hydrogens is 454 g/mol. The first-order chi connectivity index (χ1) is 17.1. The maximum absolute atomic E-state index is 13.1. The average molecular weight is 482 g/mol. The number of aliphatic imine (C=N–C) groups is 1. The second-order valence-corrected chi connectivity index (χ2v) is 10.8. The third-order valence-corrected chi connectivity index (χ3v) is 6.97. The van der Waals surface area contributed by atoms with Gasteiger partial charge in [-0.25, -0.2) is 4.90 Å². The van der Waals surface area contributed by atoms with Crippen molar-refractivity contribution in [2.75, 3.05) is 12.0 Å². The number of pyridine rings is 1. The Hall–Kier alpha value is -4.00. The molecule has 3 aromatic rings. The van der Waals surface area contributed by atoms with Crippen molar-refractivity contribution in [1.29, 1.82) is 0 Å². The molecule has 182 valence electrons. The van der Waals surface area contributed by atoms with Crippen LogP contribution in [0.2, 0.25) is 0 Å². The van der Waals surface area contributed by atoms with Crippen LogP contribution in [0, 0.1) is 0 Å². The minimum atomic E-state index is -0.368. The molecule has 6 rings (SSSR count). The van der Waals surface area contributed by atoms with Crippen molar-refractivity contribution in [3.8, 4) is 11.5 Å². The molecule has 0 atom stereocenters. The number of rotatable bonds is 3. The lowest BCUT2D eigenvalue weighted by Gasteiger charge is -2.31. The van der Waals surface area contributed by atoms with Gasteiger partial charge in [0.2, 0.25) is 0 Å². The molecular formula is C29H27N3O4. The van der Waals surface area contributed by atoms with Crippen LogP contribution in [0.25, 0.3) is 0 Å². The number of hydrogen-bond donors (Lipinski definition) is 0. The number of imide groups is 1. The highest BCUT2D eigenvalue weighted by Gasteiger charge is 2.40. The number of carbonyl (C=O) groups is 2. The summed E-state index contributed by atoms with van der Waals surface area (Å²) in [5.41, 5.74) is 5.46. The van der Waals surface area contributed by atoms with Crippen LogP contribution in [0.3, 0.4) is 0 Å². The third-order valence-electron chi connectivity index (χ3n) is 6.97. The van der Waals surface area contributed by atoms with E-state index in [4.69, 9.17) is 14.5 Å². The molecule has 0 N–H and O–H groups in total. The fourth-order valence-electron chi connectivity index (χ4n) is 5.54. The summed E-state index contributed by atoms with van der Waals surface area (Å²) in [4.78, 5) is 36.6. The SMILES string of the molecule is COc1cc2c(c3c1OC(C)(C)C3)C(c1cccc(N3C(=O)c4ccncc4C3=O)c1)=NC(C)(C)C2. The van der Waals surface area contributed by atoms with E-state index < -0.39 is 0 Å². The molecule has 0 aliphatic carbocycles. The highest BCUT2D eigenvalue weighted by Crippen LogP contribution is 2.48. The lowest BCUT2D eigenvalue weighted by molar-refractivity contribution is 0.0926. The van der Waals surface area contributed by atoms with Crippen molar-refractivity contribution in [3.63, 3.8) is 0 Å². The summed E-state index contributed by atoms with van der Waals surface area (Å²) in [7, 11) is 1.67. The van der Waals surface area contributed by atoms with Crippen LogP contribution in [-0.4, -0.2) is 40.8 Å². The second-order valence-electron chi connectivity index (χ2n) is 10.8. The number of fused-ring (bicyclic) bond motifs is 4. The monoisotopic (exact) mass is 481 g/mol. The Bertz CT molecular complexity index is 1470. The number of nitrogens with zero attached hydrogens (tertiary/aromatic N) is 3. The number of benzene rings is 2. The van der Waals surface area contributed by atoms with Gasteiger partial charge in [0.05, 0.1) is 35.2 Å². The smallest absolute Gasteiger partial charge is 0.267 e. The third kappa shape index (κ3) is 3.33. The number of carbonyl (C=O) groups excluding carboxylic acids is 2. The van der Waals surface area contributed by atoms with Crippen molar-refractivity contribution in [2.45, 2.75) is 51.7 Å². The summed E-state index contributed by atoms with van der Waals surface area (Å²) in [5.74, 6) is 0.784. The number of anilines is 1. The summed E-state index contributed by atoms with van der Waals surface area (Å²) in [5, 5.41) is 0. The zero-order chi connectivity index (χ0) is 25.4. The van der Waals surface area contributed by atoms with Gasteiger partial charge >= 0.3 is 0 Å². The predicted octanol–water partition coefficient (Wildman–Crippen LogP) is 4.78. The van der Waals surface area contributed by atoms with Crippen molar-refractivity contribution in [2.24, 2.45) is 4.99 Å². The minimum Gasteiger partial charge on any atom is -0.493 e. The van der Waals surface area contributed by atoms with Gasteiger partial charge in [-0.15, -0.1) is 0 Å². The summed E-state index contributed by atoms with van der Waals surface area (Å²) < 4.78 is 12.0. The Balaban J connectivity index is 1.50. The Labute approximate surface area is 209 Å². The first-order valence-corrected chi connectivity index (χ1v) is 12.0. The van der Waals surface area contributed by atoms with E-state index in [0.717, 1.165) is 52.3 Å². The van der Waals surface area contributed by atoms with Crippen LogP contribution < -0.4 is 14.4 Å².